The first-order valence-corrected chi connectivity index (χ1v) is 11.4. The molecule has 168 valence electrons. The quantitative estimate of drug-likeness (QED) is 0.557. The number of hydrogen-bond acceptors (Lipinski definition) is 5. The van der Waals surface area contributed by atoms with Gasteiger partial charge in [-0.1, -0.05) is 18.6 Å². The zero-order chi connectivity index (χ0) is 22.0. The second-order valence-corrected chi connectivity index (χ2v) is 9.14. The van der Waals surface area contributed by atoms with Gasteiger partial charge in [-0.05, 0) is 50.5 Å². The first-order chi connectivity index (χ1) is 14.9. The molecule has 0 aromatic carbocycles. The van der Waals surface area contributed by atoms with Crippen LogP contribution in [0.25, 0.3) is 0 Å². The lowest BCUT2D eigenvalue weighted by molar-refractivity contribution is -0.139. The molecule has 2 aliphatic heterocycles. The van der Waals surface area contributed by atoms with E-state index in [1.165, 1.54) is 5.57 Å². The van der Waals surface area contributed by atoms with E-state index in [9.17, 15) is 9.59 Å². The van der Waals surface area contributed by atoms with Crippen LogP contribution in [0.15, 0.2) is 22.8 Å². The van der Waals surface area contributed by atoms with Gasteiger partial charge in [-0.25, -0.2) is 4.79 Å². The molecule has 1 spiro atoms. The Hall–Kier alpha value is -2.41. The molecule has 1 saturated heterocycles. The predicted molar refractivity (Wildman–Crippen MR) is 117 cm³/mol. The van der Waals surface area contributed by atoms with E-state index in [0.717, 1.165) is 60.6 Å². The van der Waals surface area contributed by atoms with Crippen molar-refractivity contribution in [3.05, 3.63) is 39.7 Å². The molecule has 7 nitrogen and oxygen atoms in total. The highest BCUT2D eigenvalue weighted by Gasteiger charge is 2.39. The molecule has 3 aliphatic rings. The van der Waals surface area contributed by atoms with Crippen LogP contribution in [0.2, 0.25) is 0 Å². The Balaban J connectivity index is 1.44. The second kappa shape index (κ2) is 8.99. The summed E-state index contributed by atoms with van der Waals surface area (Å²) in [5, 5.41) is 7.91. The first kappa shape index (κ1) is 21.8. The van der Waals surface area contributed by atoms with E-state index in [1.807, 2.05) is 31.5 Å². The monoisotopic (exact) mass is 427 g/mol. The fraction of sp³-hybridized carbons (Fsp3) is 0.625. The number of carbonyl (C=O) groups is 2. The van der Waals surface area contributed by atoms with Gasteiger partial charge in [0, 0.05) is 44.7 Å². The van der Waals surface area contributed by atoms with E-state index in [0.29, 0.717) is 39.0 Å². The van der Waals surface area contributed by atoms with Gasteiger partial charge in [0.15, 0.2) is 0 Å². The van der Waals surface area contributed by atoms with E-state index in [1.54, 1.807) is 0 Å². The Bertz CT molecular complexity index is 935. The smallest absolute Gasteiger partial charge is 0.334 e. The fourth-order valence-electron chi connectivity index (χ4n) is 4.98. The molecule has 0 unspecified atom stereocenters. The summed E-state index contributed by atoms with van der Waals surface area (Å²) in [6, 6.07) is 0. The molecule has 3 heterocycles. The molecular weight excluding hydrogens is 394 g/mol. The van der Waals surface area contributed by atoms with Gasteiger partial charge in [0.1, 0.15) is 0 Å². The molecule has 1 amide bonds. The largest absolute Gasteiger partial charge is 0.462 e. The lowest BCUT2D eigenvalue weighted by Crippen LogP contribution is -2.40. The third kappa shape index (κ3) is 4.47. The summed E-state index contributed by atoms with van der Waals surface area (Å²) in [5.74, 6) is -0.237. The number of carbonyl (C=O) groups excluding carboxylic acids is 2. The minimum atomic E-state index is -0.223. The molecule has 0 bridgehead atoms. The molecule has 31 heavy (non-hydrogen) atoms. The average Bonchev–Trinajstić information content (AvgIpc) is 3.24. The van der Waals surface area contributed by atoms with Crippen LogP contribution in [0.1, 0.15) is 68.2 Å². The zero-order valence-corrected chi connectivity index (χ0v) is 18.9. The van der Waals surface area contributed by atoms with Crippen molar-refractivity contribution >= 4 is 11.9 Å². The highest BCUT2D eigenvalue weighted by molar-refractivity contribution is 5.97. The Morgan fingerprint density at radius 2 is 2.10 bits per heavy atom. The first-order valence-electron chi connectivity index (χ1n) is 11.4. The van der Waals surface area contributed by atoms with Crippen molar-refractivity contribution in [2.75, 3.05) is 26.4 Å². The lowest BCUT2D eigenvalue weighted by atomic mass is 9.76. The van der Waals surface area contributed by atoms with Crippen LogP contribution in [0, 0.1) is 5.41 Å². The van der Waals surface area contributed by atoms with E-state index in [2.05, 4.69) is 5.32 Å². The van der Waals surface area contributed by atoms with Crippen molar-refractivity contribution in [1.82, 2.24) is 15.1 Å². The molecule has 1 aromatic heterocycles. The third-order valence-electron chi connectivity index (χ3n) is 6.80. The number of rotatable bonds is 6. The van der Waals surface area contributed by atoms with Crippen LogP contribution < -0.4 is 5.32 Å². The van der Waals surface area contributed by atoms with Crippen molar-refractivity contribution in [3.8, 4) is 0 Å². The summed E-state index contributed by atoms with van der Waals surface area (Å²) in [4.78, 5) is 25.3. The standard InChI is InChI=1S/C24H33N3O4/c1-4-19-21-20(14-24(15-25-22(21)28)6-10-30-11-7-24)27(26-19)8-5-9-31-23(29)18-13-16(2)12-17(18)3/h12H,4-11,13-15H2,1-3H3,(H,25,28). The molecule has 1 aliphatic carbocycles. The zero-order valence-electron chi connectivity index (χ0n) is 18.9. The average molecular weight is 428 g/mol. The van der Waals surface area contributed by atoms with E-state index in [-0.39, 0.29) is 17.3 Å². The van der Waals surface area contributed by atoms with Crippen LogP contribution in [-0.2, 0) is 33.7 Å². The number of fused-ring (bicyclic) bond motifs is 1. The topological polar surface area (TPSA) is 82.5 Å². The SMILES string of the molecule is CCc1nn(CCCOC(=O)C2=C(C)C=C(C)C2)c2c1C(=O)NCC1(CCOCC1)C2. The maximum atomic E-state index is 12.9. The maximum Gasteiger partial charge on any atom is 0.334 e. The van der Waals surface area contributed by atoms with Gasteiger partial charge in [-0.3, -0.25) is 9.48 Å². The van der Waals surface area contributed by atoms with Gasteiger partial charge >= 0.3 is 5.97 Å². The number of amides is 1. The summed E-state index contributed by atoms with van der Waals surface area (Å²) in [6.45, 7) is 9.15. The van der Waals surface area contributed by atoms with Crippen LogP contribution in [0.5, 0.6) is 0 Å². The summed E-state index contributed by atoms with van der Waals surface area (Å²) < 4.78 is 13.1. The van der Waals surface area contributed by atoms with Crippen molar-refractivity contribution in [1.29, 1.82) is 0 Å². The summed E-state index contributed by atoms with van der Waals surface area (Å²) in [5.41, 5.74) is 5.60. The minimum Gasteiger partial charge on any atom is -0.462 e. The van der Waals surface area contributed by atoms with Gasteiger partial charge < -0.3 is 14.8 Å². The Kier molecular flexibility index (Phi) is 6.32. The molecule has 0 saturated carbocycles. The van der Waals surface area contributed by atoms with Crippen molar-refractivity contribution in [3.63, 3.8) is 0 Å². The van der Waals surface area contributed by atoms with Crippen LogP contribution in [0.3, 0.4) is 0 Å². The summed E-state index contributed by atoms with van der Waals surface area (Å²) >= 11 is 0. The predicted octanol–water partition coefficient (Wildman–Crippen LogP) is 3.13. The second-order valence-electron chi connectivity index (χ2n) is 9.14. The van der Waals surface area contributed by atoms with Gasteiger partial charge in [-0.2, -0.15) is 5.10 Å². The fourth-order valence-corrected chi connectivity index (χ4v) is 4.98. The highest BCUT2D eigenvalue weighted by atomic mass is 16.5. The number of aromatic nitrogens is 2. The van der Waals surface area contributed by atoms with Crippen molar-refractivity contribution in [2.45, 2.75) is 65.8 Å². The van der Waals surface area contributed by atoms with Gasteiger partial charge in [0.2, 0.25) is 0 Å². The Morgan fingerprint density at radius 1 is 1.32 bits per heavy atom. The number of nitrogens with zero attached hydrogens (tertiary/aromatic N) is 2. The number of ether oxygens (including phenoxy) is 2. The third-order valence-corrected chi connectivity index (χ3v) is 6.80. The van der Waals surface area contributed by atoms with E-state index < -0.39 is 0 Å². The lowest BCUT2D eigenvalue weighted by Gasteiger charge is -2.36. The molecule has 1 fully saturated rings. The van der Waals surface area contributed by atoms with Crippen LogP contribution in [-0.4, -0.2) is 48.0 Å². The number of nitrogens with one attached hydrogen (secondary N) is 1. The molecule has 0 atom stereocenters. The Morgan fingerprint density at radius 3 is 2.77 bits per heavy atom. The normalized spacial score (nSPS) is 20.4. The van der Waals surface area contributed by atoms with E-state index >= 15 is 0 Å². The van der Waals surface area contributed by atoms with Crippen molar-refractivity contribution in [2.24, 2.45) is 5.41 Å². The number of allylic oxidation sites excluding steroid dienone is 3. The Labute approximate surface area is 183 Å². The molecule has 1 N–H and O–H groups in total. The highest BCUT2D eigenvalue weighted by Crippen LogP contribution is 2.37. The number of hydrogen-bond donors (Lipinski definition) is 1. The summed E-state index contributed by atoms with van der Waals surface area (Å²) in [7, 11) is 0. The van der Waals surface area contributed by atoms with Gasteiger partial charge in [0.25, 0.3) is 5.91 Å². The summed E-state index contributed by atoms with van der Waals surface area (Å²) in [6.07, 6.45) is 6.82. The molecule has 4 rings (SSSR count). The minimum absolute atomic E-state index is 0.0144. The molecule has 7 heteroatoms. The van der Waals surface area contributed by atoms with Gasteiger partial charge in [-0.15, -0.1) is 0 Å². The van der Waals surface area contributed by atoms with Gasteiger partial charge in [0.05, 0.1) is 23.6 Å². The molecule has 1 aromatic rings. The number of aryl methyl sites for hydroxylation is 2. The maximum absolute atomic E-state index is 12.9. The van der Waals surface area contributed by atoms with Crippen molar-refractivity contribution < 1.29 is 19.1 Å². The van der Waals surface area contributed by atoms with Crippen LogP contribution >= 0.6 is 0 Å². The number of esters is 1. The molecular formula is C24H33N3O4. The molecule has 0 radical (unpaired) electrons. The van der Waals surface area contributed by atoms with Crippen LogP contribution in [0.4, 0.5) is 0 Å². The van der Waals surface area contributed by atoms with E-state index in [4.69, 9.17) is 14.6 Å².